The van der Waals surface area contributed by atoms with E-state index in [1.807, 2.05) is 91.0 Å². The molecule has 5 aromatic carbocycles. The van der Waals surface area contributed by atoms with Crippen LogP contribution in [0.4, 0.5) is 5.69 Å². The molecule has 0 heterocycles. The van der Waals surface area contributed by atoms with Gasteiger partial charge in [0.05, 0.1) is 33.7 Å². The molecule has 6 rings (SSSR count). The van der Waals surface area contributed by atoms with Crippen molar-refractivity contribution in [3.8, 4) is 0 Å². The second-order valence-electron chi connectivity index (χ2n) is 9.01. The molecule has 39 heavy (non-hydrogen) atoms. The zero-order valence-electron chi connectivity index (χ0n) is 20.9. The highest BCUT2D eigenvalue weighted by Gasteiger charge is 2.50. The van der Waals surface area contributed by atoms with Gasteiger partial charge in [-0.2, -0.15) is 0 Å². The number of ether oxygens (including phenoxy) is 2. The molecule has 0 N–H and O–H groups in total. The van der Waals surface area contributed by atoms with Crippen LogP contribution < -0.4 is 0 Å². The lowest BCUT2D eigenvalue weighted by Gasteiger charge is -2.39. The van der Waals surface area contributed by atoms with Crippen molar-refractivity contribution in [2.75, 3.05) is 0 Å². The molecular weight excluding hydrogens is 486 g/mol. The Morgan fingerprint density at radius 3 is 1.33 bits per heavy atom. The van der Waals surface area contributed by atoms with Crippen molar-refractivity contribution in [1.29, 1.82) is 0 Å². The molecular formula is C34H23NO4. The van der Waals surface area contributed by atoms with E-state index in [9.17, 15) is 9.59 Å². The summed E-state index contributed by atoms with van der Waals surface area (Å²) in [5, 5.41) is 0. The number of hydrogen-bond donors (Lipinski definition) is 0. The Labute approximate surface area is 226 Å². The first-order chi connectivity index (χ1) is 19.2. The average molecular weight is 510 g/mol. The lowest BCUT2D eigenvalue weighted by atomic mass is 9.79. The molecule has 0 saturated carbocycles. The molecule has 188 valence electrons. The summed E-state index contributed by atoms with van der Waals surface area (Å²) in [6.07, 6.45) is 0. The molecule has 0 aliphatic heterocycles. The number of rotatable bonds is 5. The molecule has 1 aliphatic rings. The summed E-state index contributed by atoms with van der Waals surface area (Å²) in [7, 11) is 0. The Balaban J connectivity index is 1.59. The summed E-state index contributed by atoms with van der Waals surface area (Å²) in [6.45, 7) is 0. The minimum Gasteiger partial charge on any atom is -0.410 e. The molecule has 5 aromatic rings. The van der Waals surface area contributed by atoms with Crippen LogP contribution in [-0.4, -0.2) is 17.7 Å². The van der Waals surface area contributed by atoms with E-state index in [0.717, 1.165) is 5.69 Å². The lowest BCUT2D eigenvalue weighted by molar-refractivity contribution is -0.148. The minimum atomic E-state index is -1.86. The van der Waals surface area contributed by atoms with E-state index >= 15 is 0 Å². The molecule has 0 amide bonds. The molecule has 0 bridgehead atoms. The van der Waals surface area contributed by atoms with Crippen LogP contribution in [0.25, 0.3) is 0 Å². The molecule has 0 spiro atoms. The van der Waals surface area contributed by atoms with Crippen molar-refractivity contribution >= 4 is 23.3 Å². The molecule has 5 nitrogen and oxygen atoms in total. The Morgan fingerprint density at radius 2 is 0.872 bits per heavy atom. The number of carbonyl (C=O) groups excluding carboxylic acids is 2. The summed E-state index contributed by atoms with van der Waals surface area (Å²) in [4.78, 5) is 32.1. The van der Waals surface area contributed by atoms with Crippen molar-refractivity contribution < 1.29 is 19.1 Å². The maximum Gasteiger partial charge on any atom is 0.341 e. The number of hydrogen-bond acceptors (Lipinski definition) is 5. The predicted molar refractivity (Wildman–Crippen MR) is 149 cm³/mol. The standard InChI is InChI=1S/C34H23NO4/c36-32(24-14-4-1-5-15-24)38-34(39-33(37)25-16-6-2-7-17-25)29-22-12-10-20-27(29)31(28-21-11-13-23-30(28)34)35-26-18-8-3-9-19-26/h1-23H. The molecule has 0 radical (unpaired) electrons. The van der Waals surface area contributed by atoms with Crippen molar-refractivity contribution in [3.63, 3.8) is 0 Å². The van der Waals surface area contributed by atoms with Crippen LogP contribution in [0.3, 0.4) is 0 Å². The molecule has 1 aliphatic carbocycles. The maximum absolute atomic E-state index is 13.6. The third kappa shape index (κ3) is 4.51. The Hall–Kier alpha value is -5.29. The summed E-state index contributed by atoms with van der Waals surface area (Å²) in [5.74, 6) is -3.10. The van der Waals surface area contributed by atoms with Crippen LogP contribution in [0.15, 0.2) is 145 Å². The number of benzene rings is 5. The number of para-hydroxylation sites is 1. The minimum absolute atomic E-state index is 0.339. The van der Waals surface area contributed by atoms with Gasteiger partial charge in [-0.3, -0.25) is 0 Å². The summed E-state index contributed by atoms with van der Waals surface area (Å²) >= 11 is 0. The van der Waals surface area contributed by atoms with Gasteiger partial charge in [-0.05, 0) is 36.4 Å². The fourth-order valence-corrected chi connectivity index (χ4v) is 4.76. The van der Waals surface area contributed by atoms with Crippen LogP contribution >= 0.6 is 0 Å². The fraction of sp³-hybridized carbons (Fsp3) is 0.0294. The molecule has 0 fully saturated rings. The van der Waals surface area contributed by atoms with Crippen molar-refractivity contribution in [2.45, 2.75) is 5.79 Å². The van der Waals surface area contributed by atoms with Gasteiger partial charge in [0.2, 0.25) is 0 Å². The van der Waals surface area contributed by atoms with E-state index in [4.69, 9.17) is 14.5 Å². The van der Waals surface area contributed by atoms with Crippen molar-refractivity contribution in [3.05, 3.63) is 173 Å². The van der Waals surface area contributed by atoms with Gasteiger partial charge in [0, 0.05) is 11.1 Å². The van der Waals surface area contributed by atoms with Crippen LogP contribution in [0.2, 0.25) is 0 Å². The van der Waals surface area contributed by atoms with E-state index in [-0.39, 0.29) is 0 Å². The normalized spacial score (nSPS) is 13.0. The van der Waals surface area contributed by atoms with Gasteiger partial charge in [-0.1, -0.05) is 103 Å². The summed E-state index contributed by atoms with van der Waals surface area (Å²) < 4.78 is 12.5. The van der Waals surface area contributed by atoms with Crippen LogP contribution in [-0.2, 0) is 15.3 Å². The Bertz CT molecular complexity index is 1570. The second kappa shape index (κ2) is 10.2. The highest BCUT2D eigenvalue weighted by atomic mass is 16.7. The van der Waals surface area contributed by atoms with E-state index in [1.54, 1.807) is 48.5 Å². The Kier molecular flexibility index (Phi) is 6.31. The monoisotopic (exact) mass is 509 g/mol. The molecule has 0 atom stereocenters. The van der Waals surface area contributed by atoms with E-state index in [0.29, 0.717) is 39.1 Å². The second-order valence-corrected chi connectivity index (χ2v) is 9.01. The van der Waals surface area contributed by atoms with Crippen molar-refractivity contribution in [2.24, 2.45) is 4.99 Å². The summed E-state index contributed by atoms with van der Waals surface area (Å²) in [5.41, 5.74) is 4.54. The van der Waals surface area contributed by atoms with Crippen molar-refractivity contribution in [1.82, 2.24) is 0 Å². The zero-order valence-corrected chi connectivity index (χ0v) is 20.9. The number of esters is 2. The first-order valence-corrected chi connectivity index (χ1v) is 12.6. The SMILES string of the molecule is O=C(OC1(OC(=O)c2ccccc2)c2ccccc2C(=Nc2ccccc2)c2ccccc21)c1ccccc1. The van der Waals surface area contributed by atoms with Gasteiger partial charge in [0.1, 0.15) is 0 Å². The van der Waals surface area contributed by atoms with Gasteiger partial charge in [0.15, 0.2) is 0 Å². The average Bonchev–Trinajstić information content (AvgIpc) is 3.00. The maximum atomic E-state index is 13.6. The molecule has 0 unspecified atom stereocenters. The van der Waals surface area contributed by atoms with Crippen LogP contribution in [0.5, 0.6) is 0 Å². The quantitative estimate of drug-likeness (QED) is 0.188. The number of fused-ring (bicyclic) bond motifs is 2. The number of carbonyl (C=O) groups is 2. The highest BCUT2D eigenvalue weighted by molar-refractivity contribution is 6.17. The summed E-state index contributed by atoms with van der Waals surface area (Å²) in [6, 6.07) is 41.8. The highest BCUT2D eigenvalue weighted by Crippen LogP contribution is 2.45. The van der Waals surface area contributed by atoms with Gasteiger partial charge < -0.3 is 9.47 Å². The smallest absolute Gasteiger partial charge is 0.341 e. The number of nitrogens with zero attached hydrogens (tertiary/aromatic N) is 1. The van der Waals surface area contributed by atoms with E-state index in [1.165, 1.54) is 0 Å². The topological polar surface area (TPSA) is 65.0 Å². The first-order valence-electron chi connectivity index (χ1n) is 12.6. The molecule has 0 saturated heterocycles. The van der Waals surface area contributed by atoms with Gasteiger partial charge >= 0.3 is 17.7 Å². The lowest BCUT2D eigenvalue weighted by Crippen LogP contribution is -2.44. The fourth-order valence-electron chi connectivity index (χ4n) is 4.76. The molecule has 5 heteroatoms. The van der Waals surface area contributed by atoms with Gasteiger partial charge in [-0.25, -0.2) is 14.6 Å². The predicted octanol–water partition coefficient (Wildman–Crippen LogP) is 7.08. The third-order valence-corrected chi connectivity index (χ3v) is 6.56. The van der Waals surface area contributed by atoms with Gasteiger partial charge in [0.25, 0.3) is 0 Å². The third-order valence-electron chi connectivity index (χ3n) is 6.56. The molecule has 0 aromatic heterocycles. The van der Waals surface area contributed by atoms with E-state index in [2.05, 4.69) is 0 Å². The zero-order chi connectivity index (χ0) is 26.7. The van der Waals surface area contributed by atoms with Crippen LogP contribution in [0.1, 0.15) is 43.0 Å². The van der Waals surface area contributed by atoms with Crippen LogP contribution in [0, 0.1) is 0 Å². The van der Waals surface area contributed by atoms with E-state index < -0.39 is 17.7 Å². The first kappa shape index (κ1) is 24.1. The Morgan fingerprint density at radius 1 is 0.487 bits per heavy atom. The number of aliphatic imine (C=N–C) groups is 1. The van der Waals surface area contributed by atoms with Gasteiger partial charge in [-0.15, -0.1) is 0 Å². The largest absolute Gasteiger partial charge is 0.410 e.